The molecule has 1 aromatic heterocycles. The van der Waals surface area contributed by atoms with Crippen LogP contribution >= 0.6 is 0 Å². The first-order chi connectivity index (χ1) is 9.32. The first-order valence-corrected chi connectivity index (χ1v) is 5.75. The van der Waals surface area contributed by atoms with Crippen molar-refractivity contribution in [2.75, 3.05) is 0 Å². The third-order valence-corrected chi connectivity index (χ3v) is 2.99. The third-order valence-electron chi connectivity index (χ3n) is 2.99. The quantitative estimate of drug-likeness (QED) is 0.887. The van der Waals surface area contributed by atoms with Crippen molar-refractivity contribution >= 4 is 5.97 Å². The zero-order chi connectivity index (χ0) is 15.0. The highest BCUT2D eigenvalue weighted by molar-refractivity contribution is 5.90. The van der Waals surface area contributed by atoms with Crippen LogP contribution in [0, 0.1) is 25.5 Å². The molecule has 0 saturated heterocycles. The predicted molar refractivity (Wildman–Crippen MR) is 68.8 cm³/mol. The number of aromatic amines is 1. The van der Waals surface area contributed by atoms with Gasteiger partial charge in [0.1, 0.15) is 17.2 Å². The van der Waals surface area contributed by atoms with Crippen LogP contribution in [0.4, 0.5) is 8.78 Å². The average Bonchev–Trinajstić information content (AvgIpc) is 2.30. The third kappa shape index (κ3) is 2.20. The maximum Gasteiger partial charge on any atom is 0.341 e. The van der Waals surface area contributed by atoms with Crippen molar-refractivity contribution in [1.82, 2.24) is 4.98 Å². The molecule has 0 spiro atoms. The lowest BCUT2D eigenvalue weighted by molar-refractivity contribution is 0.0694. The molecule has 0 aliphatic rings. The zero-order valence-electron chi connectivity index (χ0n) is 10.8. The number of aryl methyl sites for hydroxylation is 2. The molecule has 0 bridgehead atoms. The molecule has 0 fully saturated rings. The van der Waals surface area contributed by atoms with E-state index in [4.69, 9.17) is 5.11 Å². The summed E-state index contributed by atoms with van der Waals surface area (Å²) in [7, 11) is 0. The summed E-state index contributed by atoms with van der Waals surface area (Å²) in [6.45, 7) is 2.97. The summed E-state index contributed by atoms with van der Waals surface area (Å²) in [4.78, 5) is 26.1. The molecule has 104 valence electrons. The van der Waals surface area contributed by atoms with Crippen molar-refractivity contribution < 1.29 is 18.7 Å². The fraction of sp³-hybridized carbons (Fsp3) is 0.143. The Labute approximate surface area is 112 Å². The van der Waals surface area contributed by atoms with Gasteiger partial charge in [-0.1, -0.05) is 0 Å². The number of hydrogen-bond donors (Lipinski definition) is 2. The van der Waals surface area contributed by atoms with E-state index in [1.807, 2.05) is 0 Å². The Morgan fingerprint density at radius 3 is 2.40 bits per heavy atom. The van der Waals surface area contributed by atoms with Crippen LogP contribution < -0.4 is 5.43 Å². The average molecular weight is 279 g/mol. The topological polar surface area (TPSA) is 70.2 Å². The van der Waals surface area contributed by atoms with Crippen molar-refractivity contribution in [2.45, 2.75) is 13.8 Å². The monoisotopic (exact) mass is 279 g/mol. The minimum atomic E-state index is -1.40. The Hall–Kier alpha value is -2.50. The van der Waals surface area contributed by atoms with Gasteiger partial charge in [0.25, 0.3) is 0 Å². The van der Waals surface area contributed by atoms with Gasteiger partial charge in [0.05, 0.1) is 5.56 Å². The molecule has 0 amide bonds. The van der Waals surface area contributed by atoms with Gasteiger partial charge in [0.15, 0.2) is 0 Å². The Bertz CT molecular complexity index is 766. The fourth-order valence-electron chi connectivity index (χ4n) is 2.15. The van der Waals surface area contributed by atoms with E-state index in [1.165, 1.54) is 13.8 Å². The second-order valence-corrected chi connectivity index (χ2v) is 4.38. The standard InChI is InChI=1S/C14H11F2NO3/c1-6-11(9-4-3-8(15)5-10(9)16)13(18)12(14(19)20)7(2)17-6/h3-5H,1-2H3,(H,17,18)(H,19,20). The second-order valence-electron chi connectivity index (χ2n) is 4.38. The number of benzene rings is 1. The molecule has 20 heavy (non-hydrogen) atoms. The smallest absolute Gasteiger partial charge is 0.341 e. The van der Waals surface area contributed by atoms with Gasteiger partial charge in [0, 0.05) is 23.0 Å². The maximum absolute atomic E-state index is 13.8. The number of nitrogens with one attached hydrogen (secondary N) is 1. The van der Waals surface area contributed by atoms with Gasteiger partial charge in [-0.25, -0.2) is 13.6 Å². The summed E-state index contributed by atoms with van der Waals surface area (Å²) < 4.78 is 26.7. The summed E-state index contributed by atoms with van der Waals surface area (Å²) in [5.74, 6) is -3.09. The Balaban J connectivity index is 2.84. The SMILES string of the molecule is Cc1[nH]c(C)c(-c2ccc(F)cc2F)c(=O)c1C(=O)O. The highest BCUT2D eigenvalue weighted by atomic mass is 19.1. The molecule has 2 N–H and O–H groups in total. The first-order valence-electron chi connectivity index (χ1n) is 5.75. The molecule has 2 aromatic rings. The van der Waals surface area contributed by atoms with E-state index in [0.717, 1.165) is 12.1 Å². The Kier molecular flexibility index (Phi) is 3.40. The summed E-state index contributed by atoms with van der Waals surface area (Å²) in [5.41, 5.74) is -0.974. The summed E-state index contributed by atoms with van der Waals surface area (Å²) in [6, 6.07) is 2.77. The van der Waals surface area contributed by atoms with Crippen LogP contribution in [-0.4, -0.2) is 16.1 Å². The minimum Gasteiger partial charge on any atom is -0.477 e. The fourth-order valence-corrected chi connectivity index (χ4v) is 2.15. The van der Waals surface area contributed by atoms with Gasteiger partial charge < -0.3 is 10.1 Å². The van der Waals surface area contributed by atoms with E-state index in [1.54, 1.807) is 0 Å². The van der Waals surface area contributed by atoms with Crippen molar-refractivity contribution in [1.29, 1.82) is 0 Å². The lowest BCUT2D eigenvalue weighted by Crippen LogP contribution is -2.21. The van der Waals surface area contributed by atoms with Gasteiger partial charge in [0.2, 0.25) is 5.43 Å². The van der Waals surface area contributed by atoms with E-state index in [-0.39, 0.29) is 16.8 Å². The summed E-state index contributed by atoms with van der Waals surface area (Å²) in [6.07, 6.45) is 0. The molecular weight excluding hydrogens is 268 g/mol. The van der Waals surface area contributed by atoms with E-state index >= 15 is 0 Å². The lowest BCUT2D eigenvalue weighted by Gasteiger charge is -2.10. The molecular formula is C14H11F2NO3. The molecule has 0 unspecified atom stereocenters. The molecule has 0 aliphatic carbocycles. The number of aromatic nitrogens is 1. The molecule has 6 heteroatoms. The van der Waals surface area contributed by atoms with Crippen LogP contribution in [-0.2, 0) is 0 Å². The molecule has 1 heterocycles. The van der Waals surface area contributed by atoms with Crippen LogP contribution in [0.1, 0.15) is 21.7 Å². The number of carboxylic acids is 1. The van der Waals surface area contributed by atoms with E-state index < -0.39 is 28.6 Å². The van der Waals surface area contributed by atoms with Crippen molar-refractivity contribution in [3.05, 3.63) is 57.0 Å². The number of carbonyl (C=O) groups is 1. The molecule has 0 atom stereocenters. The van der Waals surface area contributed by atoms with Crippen molar-refractivity contribution in [3.63, 3.8) is 0 Å². The lowest BCUT2D eigenvalue weighted by atomic mass is 9.99. The summed E-state index contributed by atoms with van der Waals surface area (Å²) in [5, 5.41) is 9.05. The number of halogens is 2. The second kappa shape index (κ2) is 4.88. The molecule has 2 rings (SSSR count). The number of H-pyrrole nitrogens is 1. The van der Waals surface area contributed by atoms with Gasteiger partial charge in [-0.05, 0) is 26.0 Å². The van der Waals surface area contributed by atoms with E-state index in [2.05, 4.69) is 4.98 Å². The Morgan fingerprint density at radius 1 is 1.20 bits per heavy atom. The van der Waals surface area contributed by atoms with Gasteiger partial charge >= 0.3 is 5.97 Å². The number of carboxylic acid groups (broad SMARTS) is 1. The molecule has 0 aliphatic heterocycles. The number of pyridine rings is 1. The van der Waals surface area contributed by atoms with Crippen molar-refractivity contribution in [3.8, 4) is 11.1 Å². The predicted octanol–water partition coefficient (Wildman–Crippen LogP) is 2.64. The van der Waals surface area contributed by atoms with Crippen LogP contribution in [0.3, 0.4) is 0 Å². The number of hydrogen-bond acceptors (Lipinski definition) is 2. The summed E-state index contributed by atoms with van der Waals surface area (Å²) >= 11 is 0. The zero-order valence-corrected chi connectivity index (χ0v) is 10.8. The first kappa shape index (κ1) is 13.9. The van der Waals surface area contributed by atoms with E-state index in [9.17, 15) is 18.4 Å². The highest BCUT2D eigenvalue weighted by Gasteiger charge is 2.21. The maximum atomic E-state index is 13.8. The van der Waals surface area contributed by atoms with Crippen LogP contribution in [0.5, 0.6) is 0 Å². The molecule has 4 nitrogen and oxygen atoms in total. The minimum absolute atomic E-state index is 0.106. The van der Waals surface area contributed by atoms with Crippen molar-refractivity contribution in [2.24, 2.45) is 0 Å². The van der Waals surface area contributed by atoms with Gasteiger partial charge in [-0.2, -0.15) is 0 Å². The molecule has 1 aromatic carbocycles. The van der Waals surface area contributed by atoms with Crippen LogP contribution in [0.15, 0.2) is 23.0 Å². The van der Waals surface area contributed by atoms with Crippen LogP contribution in [0.25, 0.3) is 11.1 Å². The largest absolute Gasteiger partial charge is 0.477 e. The molecule has 0 radical (unpaired) electrons. The van der Waals surface area contributed by atoms with E-state index in [0.29, 0.717) is 11.8 Å². The van der Waals surface area contributed by atoms with Gasteiger partial charge in [-0.15, -0.1) is 0 Å². The highest BCUT2D eigenvalue weighted by Crippen LogP contribution is 2.24. The number of rotatable bonds is 2. The Morgan fingerprint density at radius 2 is 1.85 bits per heavy atom. The normalized spacial score (nSPS) is 10.6. The van der Waals surface area contributed by atoms with Gasteiger partial charge in [-0.3, -0.25) is 4.79 Å². The van der Waals surface area contributed by atoms with Crippen LogP contribution in [0.2, 0.25) is 0 Å². The number of aromatic carboxylic acids is 1. The molecule has 0 saturated carbocycles.